The Bertz CT molecular complexity index is 659. The molecule has 2 nitrogen and oxygen atoms in total. The highest BCUT2D eigenvalue weighted by Gasteiger charge is 2.03. The summed E-state index contributed by atoms with van der Waals surface area (Å²) in [6.45, 7) is 1.38. The van der Waals surface area contributed by atoms with Gasteiger partial charge in [0, 0.05) is 24.1 Å². The molecule has 0 heterocycles. The molecule has 0 aromatic heterocycles. The van der Waals surface area contributed by atoms with E-state index in [0.29, 0.717) is 5.76 Å². The molecule has 0 fully saturated rings. The van der Waals surface area contributed by atoms with Crippen molar-refractivity contribution in [2.45, 2.75) is 6.92 Å². The molecule has 0 amide bonds. The number of carbonyl (C=O) groups is 1. The molecule has 2 heteroatoms. The smallest absolute Gasteiger partial charge is 0.308 e. The number of rotatable bonds is 2. The van der Waals surface area contributed by atoms with Crippen LogP contribution in [0.4, 0.5) is 0 Å². The highest BCUT2D eigenvalue weighted by molar-refractivity contribution is 5.77. The van der Waals surface area contributed by atoms with Crippen molar-refractivity contribution in [2.75, 3.05) is 0 Å². The largest absolute Gasteiger partial charge is 0.425 e. The summed E-state index contributed by atoms with van der Waals surface area (Å²) in [5.41, 5.74) is 1.74. The molecule has 0 aliphatic rings. The van der Waals surface area contributed by atoms with Crippen LogP contribution in [0, 0.1) is 11.8 Å². The highest BCUT2D eigenvalue weighted by atomic mass is 16.5. The second-order valence-corrected chi connectivity index (χ2v) is 4.10. The van der Waals surface area contributed by atoms with Gasteiger partial charge in [0.2, 0.25) is 0 Å². The first-order chi connectivity index (χ1) is 9.75. The zero-order chi connectivity index (χ0) is 14.2. The highest BCUT2D eigenvalue weighted by Crippen LogP contribution is 2.15. The second-order valence-electron chi connectivity index (χ2n) is 4.10. The predicted molar refractivity (Wildman–Crippen MR) is 79.5 cm³/mol. The van der Waals surface area contributed by atoms with Gasteiger partial charge in [0.1, 0.15) is 5.76 Å². The van der Waals surface area contributed by atoms with E-state index in [9.17, 15) is 4.79 Å². The van der Waals surface area contributed by atoms with Crippen LogP contribution in [-0.4, -0.2) is 5.97 Å². The molecular formula is C18H14O2. The topological polar surface area (TPSA) is 26.3 Å². The van der Waals surface area contributed by atoms with Gasteiger partial charge in [-0.3, -0.25) is 4.79 Å². The minimum absolute atomic E-state index is 0.360. The van der Waals surface area contributed by atoms with Crippen molar-refractivity contribution in [1.82, 2.24) is 0 Å². The van der Waals surface area contributed by atoms with Crippen molar-refractivity contribution in [2.24, 2.45) is 0 Å². The van der Waals surface area contributed by atoms with Crippen LogP contribution in [0.1, 0.15) is 18.1 Å². The summed E-state index contributed by atoms with van der Waals surface area (Å²) in [6.07, 6.45) is 1.61. The first-order valence-electron chi connectivity index (χ1n) is 6.26. The number of hydrogen-bond acceptors (Lipinski definition) is 2. The molecule has 0 aliphatic carbocycles. The van der Waals surface area contributed by atoms with Crippen molar-refractivity contribution in [3.63, 3.8) is 0 Å². The Balaban J connectivity index is 2.26. The maximum absolute atomic E-state index is 11.1. The molecule has 0 bridgehead atoms. The van der Waals surface area contributed by atoms with Crippen LogP contribution >= 0.6 is 0 Å². The van der Waals surface area contributed by atoms with Crippen LogP contribution < -0.4 is 0 Å². The van der Waals surface area contributed by atoms with E-state index in [2.05, 4.69) is 11.8 Å². The molecule has 0 N–H and O–H groups in total. The minimum Gasteiger partial charge on any atom is -0.425 e. The fourth-order valence-corrected chi connectivity index (χ4v) is 1.64. The Morgan fingerprint density at radius 3 is 2.20 bits per heavy atom. The average molecular weight is 262 g/mol. The first kappa shape index (κ1) is 13.6. The molecular weight excluding hydrogens is 248 g/mol. The number of esters is 1. The van der Waals surface area contributed by atoms with Gasteiger partial charge in [-0.2, -0.15) is 0 Å². The van der Waals surface area contributed by atoms with Crippen LogP contribution in [0.15, 0.2) is 66.7 Å². The van der Waals surface area contributed by atoms with Gasteiger partial charge >= 0.3 is 5.97 Å². The summed E-state index contributed by atoms with van der Waals surface area (Å²) in [5, 5.41) is 0. The maximum Gasteiger partial charge on any atom is 0.308 e. The van der Waals surface area contributed by atoms with Gasteiger partial charge in [0.05, 0.1) is 0 Å². The van der Waals surface area contributed by atoms with Gasteiger partial charge in [0.15, 0.2) is 0 Å². The number of allylic oxidation sites excluding steroid dienone is 1. The number of hydrogen-bond donors (Lipinski definition) is 0. The van der Waals surface area contributed by atoms with Crippen LogP contribution in [0.5, 0.6) is 0 Å². The minimum atomic E-state index is -0.360. The average Bonchev–Trinajstić information content (AvgIpc) is 2.48. The van der Waals surface area contributed by atoms with E-state index >= 15 is 0 Å². The molecule has 20 heavy (non-hydrogen) atoms. The molecule has 0 unspecified atom stereocenters. The molecule has 0 aliphatic heterocycles. The number of carbonyl (C=O) groups excluding carboxylic acids is 1. The zero-order valence-corrected chi connectivity index (χ0v) is 11.2. The third-order valence-corrected chi connectivity index (χ3v) is 2.51. The molecule has 2 aromatic rings. The lowest BCUT2D eigenvalue weighted by molar-refractivity contribution is -0.134. The van der Waals surface area contributed by atoms with E-state index in [0.717, 1.165) is 11.1 Å². The quantitative estimate of drug-likeness (QED) is 0.469. The van der Waals surface area contributed by atoms with E-state index in [1.54, 1.807) is 6.08 Å². The van der Waals surface area contributed by atoms with Crippen molar-refractivity contribution in [1.29, 1.82) is 0 Å². The SMILES string of the molecule is CC(=O)O/C(=C/C#Cc1ccccc1)c1ccccc1. The van der Waals surface area contributed by atoms with Gasteiger partial charge < -0.3 is 4.74 Å². The Morgan fingerprint density at radius 1 is 1.00 bits per heavy atom. The normalized spacial score (nSPS) is 10.3. The van der Waals surface area contributed by atoms with Crippen LogP contribution in [0.3, 0.4) is 0 Å². The second kappa shape index (κ2) is 6.96. The predicted octanol–water partition coefficient (Wildman–Crippen LogP) is 3.64. The van der Waals surface area contributed by atoms with Gasteiger partial charge in [-0.25, -0.2) is 0 Å². The molecule has 0 saturated heterocycles. The summed E-state index contributed by atoms with van der Waals surface area (Å²) in [4.78, 5) is 11.1. The molecule has 2 rings (SSSR count). The van der Waals surface area contributed by atoms with Crippen molar-refractivity contribution in [3.8, 4) is 11.8 Å². The Kier molecular flexibility index (Phi) is 4.75. The van der Waals surface area contributed by atoms with E-state index in [4.69, 9.17) is 4.74 Å². The van der Waals surface area contributed by atoms with Gasteiger partial charge in [0.25, 0.3) is 0 Å². The lowest BCUT2D eigenvalue weighted by Crippen LogP contribution is -1.98. The molecule has 0 spiro atoms. The van der Waals surface area contributed by atoms with Crippen molar-refractivity contribution in [3.05, 3.63) is 77.9 Å². The Hall–Kier alpha value is -2.79. The number of ether oxygens (including phenoxy) is 1. The van der Waals surface area contributed by atoms with Gasteiger partial charge in [-0.15, -0.1) is 0 Å². The van der Waals surface area contributed by atoms with E-state index in [-0.39, 0.29) is 5.97 Å². The fraction of sp³-hybridized carbons (Fsp3) is 0.0556. The van der Waals surface area contributed by atoms with Crippen molar-refractivity contribution < 1.29 is 9.53 Å². The lowest BCUT2D eigenvalue weighted by Gasteiger charge is -2.05. The Morgan fingerprint density at radius 2 is 1.60 bits per heavy atom. The standard InChI is InChI=1S/C18H14O2/c1-15(19)20-18(17-12-6-3-7-13-17)14-8-11-16-9-4-2-5-10-16/h2-7,9-10,12-14H,1H3/b18-14+. The van der Waals surface area contributed by atoms with Crippen molar-refractivity contribution >= 4 is 11.7 Å². The summed E-state index contributed by atoms with van der Waals surface area (Å²) in [6, 6.07) is 19.1. The summed E-state index contributed by atoms with van der Waals surface area (Å²) >= 11 is 0. The summed E-state index contributed by atoms with van der Waals surface area (Å²) < 4.78 is 5.19. The summed E-state index contributed by atoms with van der Waals surface area (Å²) in [5.74, 6) is 6.02. The molecule has 0 radical (unpaired) electrons. The molecule has 0 saturated carbocycles. The van der Waals surface area contributed by atoms with E-state index in [1.807, 2.05) is 60.7 Å². The van der Waals surface area contributed by atoms with Gasteiger partial charge in [-0.1, -0.05) is 60.4 Å². The zero-order valence-electron chi connectivity index (χ0n) is 11.2. The molecule has 0 atom stereocenters. The van der Waals surface area contributed by atoms with Crippen LogP contribution in [0.25, 0.3) is 5.76 Å². The fourth-order valence-electron chi connectivity index (χ4n) is 1.64. The van der Waals surface area contributed by atoms with Crippen LogP contribution in [0.2, 0.25) is 0 Å². The summed E-state index contributed by atoms with van der Waals surface area (Å²) in [7, 11) is 0. The Labute approximate surface area is 118 Å². The third kappa shape index (κ3) is 4.15. The number of benzene rings is 2. The monoisotopic (exact) mass is 262 g/mol. The van der Waals surface area contributed by atoms with E-state index in [1.165, 1.54) is 6.92 Å². The molecule has 2 aromatic carbocycles. The van der Waals surface area contributed by atoms with Crippen LogP contribution in [-0.2, 0) is 9.53 Å². The third-order valence-electron chi connectivity index (χ3n) is 2.51. The van der Waals surface area contributed by atoms with Gasteiger partial charge in [-0.05, 0) is 12.1 Å². The maximum atomic E-state index is 11.1. The first-order valence-corrected chi connectivity index (χ1v) is 6.26. The van der Waals surface area contributed by atoms with E-state index < -0.39 is 0 Å². The molecule has 98 valence electrons. The lowest BCUT2D eigenvalue weighted by atomic mass is 10.1.